The Labute approximate surface area is 79.9 Å². The maximum absolute atomic E-state index is 9.36. The summed E-state index contributed by atoms with van der Waals surface area (Å²) in [4.78, 5) is 2.47. The lowest BCUT2D eigenvalue weighted by Crippen LogP contribution is -2.49. The monoisotopic (exact) mass is 184 g/mol. The van der Waals surface area contributed by atoms with Crippen molar-refractivity contribution in [1.82, 2.24) is 4.90 Å². The molecule has 4 atom stereocenters. The Morgan fingerprint density at radius 1 is 1.38 bits per heavy atom. The molecule has 2 aliphatic heterocycles. The first kappa shape index (κ1) is 9.44. The number of aliphatic hydroxyl groups is 1. The average Bonchev–Trinajstić information content (AvgIpc) is 2.32. The first-order valence-electron chi connectivity index (χ1n) is 5.36. The molecule has 3 heteroatoms. The molecule has 3 nitrogen and oxygen atoms in total. The van der Waals surface area contributed by atoms with E-state index in [-0.39, 0.29) is 6.10 Å². The van der Waals surface area contributed by atoms with Crippen molar-refractivity contribution >= 4 is 0 Å². The first-order valence-corrected chi connectivity index (χ1v) is 5.36. The van der Waals surface area contributed by atoms with Crippen molar-refractivity contribution in [2.45, 2.75) is 56.8 Å². The van der Waals surface area contributed by atoms with E-state index < -0.39 is 0 Å². The molecule has 0 spiro atoms. The highest BCUT2D eigenvalue weighted by Crippen LogP contribution is 2.34. The van der Waals surface area contributed by atoms with Gasteiger partial charge in [-0.3, -0.25) is 4.90 Å². The highest BCUT2D eigenvalue weighted by molar-refractivity contribution is 4.96. The molecule has 2 bridgehead atoms. The predicted octanol–water partition coefficient (Wildman–Crippen LogP) is 0.321. The molecule has 2 fully saturated rings. The highest BCUT2D eigenvalue weighted by atomic mass is 16.3. The molecule has 0 aliphatic carbocycles. The number of nitrogens with zero attached hydrogens (tertiary/aromatic N) is 1. The minimum atomic E-state index is -0.197. The number of aliphatic hydroxyl groups excluding tert-OH is 1. The van der Waals surface area contributed by atoms with Gasteiger partial charge in [-0.25, -0.2) is 0 Å². The summed E-state index contributed by atoms with van der Waals surface area (Å²) >= 11 is 0. The maximum Gasteiger partial charge on any atom is 0.0639 e. The molecular formula is C10H20N2O. The van der Waals surface area contributed by atoms with Crippen LogP contribution >= 0.6 is 0 Å². The molecule has 2 saturated heterocycles. The van der Waals surface area contributed by atoms with Crippen molar-refractivity contribution < 1.29 is 5.11 Å². The second-order valence-corrected chi connectivity index (χ2v) is 4.66. The summed E-state index contributed by atoms with van der Waals surface area (Å²) < 4.78 is 0. The minimum Gasteiger partial charge on any atom is -0.392 e. The van der Waals surface area contributed by atoms with Crippen LogP contribution in [0, 0.1) is 0 Å². The number of piperidine rings is 1. The van der Waals surface area contributed by atoms with Crippen molar-refractivity contribution in [3.05, 3.63) is 0 Å². The van der Waals surface area contributed by atoms with Crippen molar-refractivity contribution in [2.75, 3.05) is 6.54 Å². The molecule has 0 aromatic rings. The Morgan fingerprint density at radius 2 is 1.92 bits per heavy atom. The molecule has 2 rings (SSSR count). The first-order chi connectivity index (χ1) is 6.16. The fourth-order valence-corrected chi connectivity index (χ4v) is 2.92. The molecule has 0 aromatic carbocycles. The SMILES string of the molecule is C[C@H](O)CN1[C@@H]2CC[C@H]1CC(N)C2. The number of hydrogen-bond donors (Lipinski definition) is 2. The molecule has 2 heterocycles. The van der Waals surface area contributed by atoms with Gasteiger partial charge in [0.2, 0.25) is 0 Å². The second kappa shape index (κ2) is 3.56. The van der Waals surface area contributed by atoms with Crippen LogP contribution in [-0.4, -0.2) is 40.8 Å². The number of hydrogen-bond acceptors (Lipinski definition) is 3. The average molecular weight is 184 g/mol. The fourth-order valence-electron chi connectivity index (χ4n) is 2.92. The van der Waals surface area contributed by atoms with E-state index in [0.29, 0.717) is 18.1 Å². The van der Waals surface area contributed by atoms with Crippen LogP contribution in [0.3, 0.4) is 0 Å². The third-order valence-corrected chi connectivity index (χ3v) is 3.40. The highest BCUT2D eigenvalue weighted by Gasteiger charge is 2.39. The van der Waals surface area contributed by atoms with E-state index in [1.54, 1.807) is 0 Å². The van der Waals surface area contributed by atoms with E-state index in [1.165, 1.54) is 12.8 Å². The van der Waals surface area contributed by atoms with Crippen LogP contribution in [0.25, 0.3) is 0 Å². The van der Waals surface area contributed by atoms with Crippen LogP contribution in [0.5, 0.6) is 0 Å². The molecule has 13 heavy (non-hydrogen) atoms. The normalized spacial score (nSPS) is 42.2. The van der Waals surface area contributed by atoms with Crippen molar-refractivity contribution in [3.8, 4) is 0 Å². The van der Waals surface area contributed by atoms with Crippen molar-refractivity contribution in [3.63, 3.8) is 0 Å². The Bertz CT molecular complexity index is 170. The number of nitrogens with two attached hydrogens (primary N) is 1. The van der Waals surface area contributed by atoms with Gasteiger partial charge in [0.25, 0.3) is 0 Å². The Morgan fingerprint density at radius 3 is 2.38 bits per heavy atom. The van der Waals surface area contributed by atoms with E-state index in [4.69, 9.17) is 5.73 Å². The molecule has 2 aliphatic rings. The number of fused-ring (bicyclic) bond motifs is 2. The van der Waals surface area contributed by atoms with E-state index >= 15 is 0 Å². The zero-order valence-corrected chi connectivity index (χ0v) is 8.32. The van der Waals surface area contributed by atoms with Crippen LogP contribution in [-0.2, 0) is 0 Å². The van der Waals surface area contributed by atoms with Crippen LogP contribution in [0.15, 0.2) is 0 Å². The Balaban J connectivity index is 1.98. The molecule has 0 aromatic heterocycles. The molecule has 0 saturated carbocycles. The lowest BCUT2D eigenvalue weighted by Gasteiger charge is -2.38. The molecule has 1 unspecified atom stereocenters. The summed E-state index contributed by atoms with van der Waals surface area (Å²) in [7, 11) is 0. The van der Waals surface area contributed by atoms with Gasteiger partial charge in [0.1, 0.15) is 0 Å². The molecule has 76 valence electrons. The van der Waals surface area contributed by atoms with Gasteiger partial charge in [-0.1, -0.05) is 0 Å². The largest absolute Gasteiger partial charge is 0.392 e. The lowest BCUT2D eigenvalue weighted by molar-refractivity contribution is 0.0652. The smallest absolute Gasteiger partial charge is 0.0639 e. The maximum atomic E-state index is 9.36. The van der Waals surface area contributed by atoms with Gasteiger partial charge >= 0.3 is 0 Å². The van der Waals surface area contributed by atoms with E-state index in [1.807, 2.05) is 6.92 Å². The quantitative estimate of drug-likeness (QED) is 0.650. The molecule has 0 amide bonds. The van der Waals surface area contributed by atoms with Gasteiger partial charge in [0.05, 0.1) is 6.10 Å². The van der Waals surface area contributed by atoms with Crippen LogP contribution in [0.2, 0.25) is 0 Å². The van der Waals surface area contributed by atoms with Crippen molar-refractivity contribution in [1.29, 1.82) is 0 Å². The zero-order chi connectivity index (χ0) is 9.42. The molecular weight excluding hydrogens is 164 g/mol. The van der Waals surface area contributed by atoms with Gasteiger partial charge in [-0.05, 0) is 32.6 Å². The third-order valence-electron chi connectivity index (χ3n) is 3.40. The van der Waals surface area contributed by atoms with Gasteiger partial charge in [-0.2, -0.15) is 0 Å². The van der Waals surface area contributed by atoms with E-state index in [2.05, 4.69) is 4.90 Å². The zero-order valence-electron chi connectivity index (χ0n) is 8.32. The van der Waals surface area contributed by atoms with Crippen LogP contribution < -0.4 is 5.73 Å². The van der Waals surface area contributed by atoms with Crippen molar-refractivity contribution in [2.24, 2.45) is 5.73 Å². The summed E-state index contributed by atoms with van der Waals surface area (Å²) in [5.41, 5.74) is 5.96. The van der Waals surface area contributed by atoms with Gasteiger partial charge in [-0.15, -0.1) is 0 Å². The molecule has 0 radical (unpaired) electrons. The van der Waals surface area contributed by atoms with Crippen LogP contribution in [0.4, 0.5) is 0 Å². The summed E-state index contributed by atoms with van der Waals surface area (Å²) in [5.74, 6) is 0. The second-order valence-electron chi connectivity index (χ2n) is 4.66. The van der Waals surface area contributed by atoms with Gasteiger partial charge in [0.15, 0.2) is 0 Å². The lowest BCUT2D eigenvalue weighted by atomic mass is 9.98. The summed E-state index contributed by atoms with van der Waals surface area (Å²) in [5, 5.41) is 9.36. The fraction of sp³-hybridized carbons (Fsp3) is 1.00. The van der Waals surface area contributed by atoms with Crippen LogP contribution in [0.1, 0.15) is 32.6 Å². The predicted molar refractivity (Wildman–Crippen MR) is 52.4 cm³/mol. The summed E-state index contributed by atoms with van der Waals surface area (Å²) in [6, 6.07) is 1.72. The summed E-state index contributed by atoms with van der Waals surface area (Å²) in [6.07, 6.45) is 4.63. The molecule has 3 N–H and O–H groups in total. The minimum absolute atomic E-state index is 0.197. The Kier molecular flexibility index (Phi) is 2.58. The van der Waals surface area contributed by atoms with Gasteiger partial charge in [0, 0.05) is 24.7 Å². The topological polar surface area (TPSA) is 49.5 Å². The summed E-state index contributed by atoms with van der Waals surface area (Å²) in [6.45, 7) is 2.70. The third kappa shape index (κ3) is 1.87. The Hall–Kier alpha value is -0.120. The standard InChI is InChI=1S/C10H20N2O/c1-7(13)6-12-9-2-3-10(12)5-8(11)4-9/h7-10,13H,2-6,11H2,1H3/t7-,8?,9-,10+/m0/s1. The van der Waals surface area contributed by atoms with Gasteiger partial charge < -0.3 is 10.8 Å². The number of rotatable bonds is 2. The van der Waals surface area contributed by atoms with E-state index in [0.717, 1.165) is 19.4 Å². The van der Waals surface area contributed by atoms with E-state index in [9.17, 15) is 5.11 Å².